The molecule has 0 radical (unpaired) electrons. The van der Waals surface area contributed by atoms with Crippen molar-refractivity contribution in [1.82, 2.24) is 20.4 Å². The van der Waals surface area contributed by atoms with E-state index >= 15 is 0 Å². The number of nitrogens with one attached hydrogen (secondary N) is 2. The van der Waals surface area contributed by atoms with Gasteiger partial charge in [-0.3, -0.25) is 9.48 Å². The number of methoxy groups -OCH3 is 1. The van der Waals surface area contributed by atoms with Gasteiger partial charge in [0.1, 0.15) is 11.2 Å². The average molecular weight is 385 g/mol. The molecule has 1 unspecified atom stereocenters. The van der Waals surface area contributed by atoms with Gasteiger partial charge >= 0.3 is 5.97 Å². The fraction of sp³-hybridized carbons (Fsp3) is 0.722. The summed E-state index contributed by atoms with van der Waals surface area (Å²) in [7, 11) is 1.38. The number of hydrogen-bond acceptors (Lipinski definition) is 5. The summed E-state index contributed by atoms with van der Waals surface area (Å²) in [6, 6.07) is 2.01. The lowest BCUT2D eigenvalue weighted by Gasteiger charge is -2.30. The van der Waals surface area contributed by atoms with Crippen LogP contribution in [0.25, 0.3) is 0 Å². The molecule has 146 valence electrons. The van der Waals surface area contributed by atoms with Crippen molar-refractivity contribution in [2.24, 2.45) is 0 Å². The molecule has 7 nitrogen and oxygen atoms in total. The van der Waals surface area contributed by atoms with E-state index < -0.39 is 5.54 Å². The Morgan fingerprint density at radius 2 is 2.00 bits per heavy atom. The summed E-state index contributed by atoms with van der Waals surface area (Å²) < 4.78 is 6.86. The highest BCUT2D eigenvalue weighted by Gasteiger charge is 2.41. The number of carbonyl (C=O) groups is 2. The highest BCUT2D eigenvalue weighted by molar-refractivity contribution is 5.96. The second kappa shape index (κ2) is 9.37. The maximum Gasteiger partial charge on any atom is 0.331 e. The first-order chi connectivity index (χ1) is 12.1. The second-order valence-corrected chi connectivity index (χ2v) is 7.12. The van der Waals surface area contributed by atoms with Crippen LogP contribution in [0, 0.1) is 0 Å². The van der Waals surface area contributed by atoms with Gasteiger partial charge in [0.2, 0.25) is 0 Å². The SMILES string of the molecule is COC(=O)C1(NC(=O)c2ccn(C3CCCNC3)n2)CCCCCC1.Cl. The molecule has 8 heteroatoms. The van der Waals surface area contributed by atoms with Gasteiger partial charge in [0.05, 0.1) is 13.2 Å². The summed E-state index contributed by atoms with van der Waals surface area (Å²) in [5, 5.41) is 10.8. The molecule has 0 aromatic carbocycles. The van der Waals surface area contributed by atoms with Crippen molar-refractivity contribution in [3.63, 3.8) is 0 Å². The maximum atomic E-state index is 12.7. The van der Waals surface area contributed by atoms with Crippen molar-refractivity contribution in [2.75, 3.05) is 20.2 Å². The molecule has 2 fully saturated rings. The molecule has 1 aromatic heterocycles. The lowest BCUT2D eigenvalue weighted by Crippen LogP contribution is -2.54. The normalized spacial score (nSPS) is 22.6. The predicted molar refractivity (Wildman–Crippen MR) is 101 cm³/mol. The highest BCUT2D eigenvalue weighted by Crippen LogP contribution is 2.29. The van der Waals surface area contributed by atoms with Gasteiger partial charge in [0, 0.05) is 12.7 Å². The summed E-state index contributed by atoms with van der Waals surface area (Å²) in [5.74, 6) is -0.645. The Kier molecular flexibility index (Phi) is 7.46. The molecule has 2 heterocycles. The summed E-state index contributed by atoms with van der Waals surface area (Å²) in [5.41, 5.74) is -0.559. The molecule has 2 aliphatic rings. The Balaban J connectivity index is 0.00000243. The summed E-state index contributed by atoms with van der Waals surface area (Å²) >= 11 is 0. The number of carbonyl (C=O) groups excluding carboxylic acids is 2. The molecule has 1 saturated heterocycles. The number of aromatic nitrogens is 2. The van der Waals surface area contributed by atoms with Crippen LogP contribution >= 0.6 is 12.4 Å². The van der Waals surface area contributed by atoms with Crippen LogP contribution < -0.4 is 10.6 Å². The van der Waals surface area contributed by atoms with Crippen LogP contribution in [0.1, 0.15) is 67.9 Å². The molecule has 1 saturated carbocycles. The zero-order valence-electron chi connectivity index (χ0n) is 15.3. The zero-order valence-corrected chi connectivity index (χ0v) is 16.1. The molecule has 0 bridgehead atoms. The third-order valence-corrected chi connectivity index (χ3v) is 5.37. The minimum absolute atomic E-state index is 0. The highest BCUT2D eigenvalue weighted by atomic mass is 35.5. The number of rotatable bonds is 4. The van der Waals surface area contributed by atoms with Gasteiger partial charge in [0.25, 0.3) is 5.91 Å². The number of halogens is 1. The van der Waals surface area contributed by atoms with E-state index in [-0.39, 0.29) is 30.3 Å². The van der Waals surface area contributed by atoms with E-state index in [4.69, 9.17) is 4.74 Å². The van der Waals surface area contributed by atoms with E-state index in [1.54, 1.807) is 6.07 Å². The molecule has 1 aliphatic heterocycles. The fourth-order valence-electron chi connectivity index (χ4n) is 3.91. The first-order valence-corrected chi connectivity index (χ1v) is 9.31. The number of esters is 1. The fourth-order valence-corrected chi connectivity index (χ4v) is 3.91. The van der Waals surface area contributed by atoms with Crippen molar-refractivity contribution < 1.29 is 14.3 Å². The lowest BCUT2D eigenvalue weighted by molar-refractivity contribution is -0.148. The Bertz CT molecular complexity index is 605. The third kappa shape index (κ3) is 4.57. The zero-order chi connectivity index (χ0) is 17.7. The summed E-state index contributed by atoms with van der Waals surface area (Å²) in [6.45, 7) is 1.90. The smallest absolute Gasteiger partial charge is 0.331 e. The number of hydrogen-bond donors (Lipinski definition) is 2. The minimum Gasteiger partial charge on any atom is -0.467 e. The molecule has 1 atom stereocenters. The van der Waals surface area contributed by atoms with Crippen LogP contribution in [0.5, 0.6) is 0 Å². The quantitative estimate of drug-likeness (QED) is 0.614. The molecular formula is C18H29ClN4O3. The van der Waals surface area contributed by atoms with E-state index in [1.807, 2.05) is 10.9 Å². The molecular weight excluding hydrogens is 356 g/mol. The molecule has 1 amide bonds. The Morgan fingerprint density at radius 1 is 1.27 bits per heavy atom. The molecule has 1 aromatic rings. The van der Waals surface area contributed by atoms with Gasteiger partial charge in [-0.1, -0.05) is 25.7 Å². The molecule has 2 N–H and O–H groups in total. The number of piperidine rings is 1. The molecule has 3 rings (SSSR count). The van der Waals surface area contributed by atoms with Crippen molar-refractivity contribution in [3.8, 4) is 0 Å². The van der Waals surface area contributed by atoms with E-state index in [9.17, 15) is 9.59 Å². The predicted octanol–water partition coefficient (Wildman–Crippen LogP) is 2.23. The Hall–Kier alpha value is -1.60. The molecule has 1 aliphatic carbocycles. The van der Waals surface area contributed by atoms with Crippen LogP contribution in [0.4, 0.5) is 0 Å². The Labute approximate surface area is 160 Å². The lowest BCUT2D eigenvalue weighted by atomic mass is 9.90. The molecule has 0 spiro atoms. The number of nitrogens with zero attached hydrogens (tertiary/aromatic N) is 2. The van der Waals surface area contributed by atoms with Gasteiger partial charge in [0.15, 0.2) is 0 Å². The van der Waals surface area contributed by atoms with Crippen molar-refractivity contribution in [3.05, 3.63) is 18.0 Å². The van der Waals surface area contributed by atoms with E-state index in [0.717, 1.165) is 51.6 Å². The van der Waals surface area contributed by atoms with Crippen LogP contribution in [-0.2, 0) is 9.53 Å². The molecule has 26 heavy (non-hydrogen) atoms. The average Bonchev–Trinajstić information content (AvgIpc) is 3.03. The largest absolute Gasteiger partial charge is 0.467 e. The summed E-state index contributed by atoms with van der Waals surface area (Å²) in [4.78, 5) is 25.1. The van der Waals surface area contributed by atoms with Crippen LogP contribution in [0.15, 0.2) is 12.3 Å². The topological polar surface area (TPSA) is 85.2 Å². The minimum atomic E-state index is -0.918. The summed E-state index contributed by atoms with van der Waals surface area (Å²) in [6.07, 6.45) is 9.26. The van der Waals surface area contributed by atoms with Crippen molar-refractivity contribution >= 4 is 24.3 Å². The Morgan fingerprint density at radius 3 is 2.62 bits per heavy atom. The van der Waals surface area contributed by atoms with Gasteiger partial charge in [-0.25, -0.2) is 4.79 Å². The van der Waals surface area contributed by atoms with E-state index in [1.165, 1.54) is 7.11 Å². The van der Waals surface area contributed by atoms with Gasteiger partial charge < -0.3 is 15.4 Å². The van der Waals surface area contributed by atoms with Crippen molar-refractivity contribution in [2.45, 2.75) is 62.9 Å². The van der Waals surface area contributed by atoms with Crippen molar-refractivity contribution in [1.29, 1.82) is 0 Å². The van der Waals surface area contributed by atoms with Gasteiger partial charge in [-0.05, 0) is 38.3 Å². The first-order valence-electron chi connectivity index (χ1n) is 9.31. The maximum absolute atomic E-state index is 12.7. The number of ether oxygens (including phenoxy) is 1. The monoisotopic (exact) mass is 384 g/mol. The van der Waals surface area contributed by atoms with Gasteiger partial charge in [-0.15, -0.1) is 12.4 Å². The van der Waals surface area contributed by atoms with Crippen LogP contribution in [0.2, 0.25) is 0 Å². The van der Waals surface area contributed by atoms with Gasteiger partial charge in [-0.2, -0.15) is 5.10 Å². The van der Waals surface area contributed by atoms with Crippen LogP contribution in [0.3, 0.4) is 0 Å². The number of amides is 1. The van der Waals surface area contributed by atoms with E-state index in [0.29, 0.717) is 18.5 Å². The first kappa shape index (κ1) is 20.7. The van der Waals surface area contributed by atoms with Crippen LogP contribution in [-0.4, -0.2) is 47.4 Å². The third-order valence-electron chi connectivity index (χ3n) is 5.37. The standard InChI is InChI=1S/C18H28N4O3.ClH/c1-25-17(24)18(9-4-2-3-5-10-18)20-16(23)15-8-12-22(21-15)14-7-6-11-19-13-14;/h8,12,14,19H,2-7,9-11,13H2,1H3,(H,20,23);1H. The second-order valence-electron chi connectivity index (χ2n) is 7.12. The van der Waals surface area contributed by atoms with E-state index in [2.05, 4.69) is 15.7 Å².